The number of benzene rings is 2. The Morgan fingerprint density at radius 1 is 0.653 bits per heavy atom. The van der Waals surface area contributed by atoms with E-state index in [4.69, 9.17) is 35.6 Å². The van der Waals surface area contributed by atoms with Gasteiger partial charge in [-0.05, 0) is 76.6 Å². The second-order valence-electron chi connectivity index (χ2n) is 16.9. The number of fused-ring (bicyclic) bond motifs is 2. The number of nitrogens with two attached hydrogens (primary N) is 2. The molecule has 0 fully saturated rings. The van der Waals surface area contributed by atoms with Gasteiger partial charge in [0.15, 0.2) is 0 Å². The van der Waals surface area contributed by atoms with Crippen molar-refractivity contribution in [1.82, 2.24) is 48.4 Å². The molecule has 5 heterocycles. The molecular formula is C50H59N15O10. The first-order valence-corrected chi connectivity index (χ1v) is 24.0. The van der Waals surface area contributed by atoms with Crippen molar-refractivity contribution in [1.29, 1.82) is 0 Å². The van der Waals surface area contributed by atoms with Crippen molar-refractivity contribution < 1.29 is 47.7 Å². The maximum absolute atomic E-state index is 14.0. The molecule has 25 heteroatoms. The van der Waals surface area contributed by atoms with E-state index in [1.54, 1.807) is 79.8 Å². The fourth-order valence-electron chi connectivity index (χ4n) is 8.00. The maximum Gasteiger partial charge on any atom is 0.307 e. The summed E-state index contributed by atoms with van der Waals surface area (Å²) in [6.07, 6.45) is 11.2. The first kappa shape index (κ1) is 53.5. The summed E-state index contributed by atoms with van der Waals surface area (Å²) in [6, 6.07) is 9.31. The number of nitrogens with one attached hydrogen (secondary N) is 3. The zero-order valence-corrected chi connectivity index (χ0v) is 42.4. The van der Waals surface area contributed by atoms with Crippen LogP contribution in [0.15, 0.2) is 73.1 Å². The lowest BCUT2D eigenvalue weighted by atomic mass is 10.1. The Morgan fingerprint density at radius 3 is 1.67 bits per heavy atom. The largest absolute Gasteiger partial charge is 0.491 e. The van der Waals surface area contributed by atoms with E-state index in [0.29, 0.717) is 71.9 Å². The molecule has 0 aliphatic carbocycles. The number of esters is 2. The third kappa shape index (κ3) is 13.0. The van der Waals surface area contributed by atoms with Crippen LogP contribution in [-0.2, 0) is 51.8 Å². The van der Waals surface area contributed by atoms with Crippen LogP contribution in [0.1, 0.15) is 86.2 Å². The van der Waals surface area contributed by atoms with Crippen molar-refractivity contribution in [2.24, 2.45) is 11.5 Å². The summed E-state index contributed by atoms with van der Waals surface area (Å²) in [7, 11) is 2.63. The highest BCUT2D eigenvalue weighted by atomic mass is 16.5. The summed E-state index contributed by atoms with van der Waals surface area (Å²) in [5.41, 5.74) is 15.8. The van der Waals surface area contributed by atoms with Crippen LogP contribution in [0, 0.1) is 13.8 Å². The zero-order valence-electron chi connectivity index (χ0n) is 42.4. The minimum Gasteiger partial charge on any atom is -0.491 e. The molecule has 0 bridgehead atoms. The van der Waals surface area contributed by atoms with Crippen LogP contribution < -0.4 is 36.9 Å². The van der Waals surface area contributed by atoms with Gasteiger partial charge in [-0.2, -0.15) is 15.3 Å². The number of carbonyl (C=O) groups is 6. The zero-order chi connectivity index (χ0) is 53.8. The van der Waals surface area contributed by atoms with E-state index in [2.05, 4.69) is 36.0 Å². The predicted octanol–water partition coefficient (Wildman–Crippen LogP) is 4.53. The molecule has 0 radical (unpaired) electrons. The number of aromatic nitrogens is 10. The average molecular weight is 1030 g/mol. The SMILES string of the molecule is CCn1nc(C)cc1C(=O)Nc1nc2cc(C(N)=O)cc(OC/C=C/Cn3cc(NCCC(=O)OC)cn3)c2n1C/C=C/Cn1c(NC(=O)c2cc(C)nn2CC)nc2cc(C(N)=O)cc(OCCCC(=O)OC)c21. The topological polar surface area (TPSA) is 317 Å². The first-order chi connectivity index (χ1) is 36.1. The molecule has 4 amide bonds. The number of anilines is 3. The molecule has 0 atom stereocenters. The summed E-state index contributed by atoms with van der Waals surface area (Å²) in [5.74, 6) is -2.52. The Morgan fingerprint density at radius 2 is 1.16 bits per heavy atom. The highest BCUT2D eigenvalue weighted by Crippen LogP contribution is 2.33. The maximum atomic E-state index is 14.0. The first-order valence-electron chi connectivity index (χ1n) is 24.0. The van der Waals surface area contributed by atoms with E-state index in [0.717, 1.165) is 5.69 Å². The Labute approximate surface area is 429 Å². The van der Waals surface area contributed by atoms with Crippen LogP contribution in [0.25, 0.3) is 22.1 Å². The van der Waals surface area contributed by atoms with Gasteiger partial charge in [0, 0.05) is 56.5 Å². The number of hydrogen-bond donors (Lipinski definition) is 5. The Bertz CT molecular complexity index is 3320. The predicted molar refractivity (Wildman–Crippen MR) is 276 cm³/mol. The fraction of sp³-hybridized carbons (Fsp3) is 0.340. The minimum absolute atomic E-state index is 0.0475. The van der Waals surface area contributed by atoms with Crippen LogP contribution in [0.2, 0.25) is 0 Å². The van der Waals surface area contributed by atoms with Gasteiger partial charge in [-0.25, -0.2) is 9.97 Å². The van der Waals surface area contributed by atoms with E-state index >= 15 is 0 Å². The van der Waals surface area contributed by atoms with Crippen LogP contribution >= 0.6 is 0 Å². The van der Waals surface area contributed by atoms with Crippen molar-refractivity contribution in [3.05, 3.63) is 107 Å². The van der Waals surface area contributed by atoms with E-state index in [1.807, 2.05) is 19.9 Å². The lowest BCUT2D eigenvalue weighted by molar-refractivity contribution is -0.141. The average Bonchev–Trinajstić information content (AvgIpc) is 4.24. The number of hydrogen-bond acceptors (Lipinski definition) is 16. The lowest BCUT2D eigenvalue weighted by Crippen LogP contribution is -2.20. The minimum atomic E-state index is -0.738. The van der Waals surface area contributed by atoms with Crippen molar-refractivity contribution in [2.45, 2.75) is 79.7 Å². The van der Waals surface area contributed by atoms with Gasteiger partial charge in [-0.3, -0.25) is 53.4 Å². The molecule has 7 N–H and O–H groups in total. The standard InChI is InChI=1S/C50H59N15O10/c1-7-64-37(22-30(3)59-64)47(70)57-49-55-35-24-32(45(51)68)26-39(74-20-12-11-17-61-29-34(28-54-61)53-16-15-42(67)73-6)43(35)62(49)18-9-10-19-63-44-36(56-50(63)58-48(71)38-23-31(4)60-65(38)8-2)25-33(46(52)69)27-40(44)75-21-13-14-41(66)72-5/h9-12,22-29,53H,7-8,13-21H2,1-6H3,(H2,51,68)(H2,52,69)(H,55,57,70)(H,56,58,71)/b10-9+,12-11+. The fourth-order valence-corrected chi connectivity index (χ4v) is 8.00. The molecule has 0 aliphatic heterocycles. The van der Waals surface area contributed by atoms with Gasteiger partial charge in [-0.15, -0.1) is 0 Å². The van der Waals surface area contributed by atoms with Crippen molar-refractivity contribution in [2.75, 3.05) is 49.9 Å². The Hall–Kier alpha value is -9.29. The molecule has 75 heavy (non-hydrogen) atoms. The van der Waals surface area contributed by atoms with Crippen LogP contribution in [0.5, 0.6) is 11.5 Å². The summed E-state index contributed by atoms with van der Waals surface area (Å²) < 4.78 is 30.2. The monoisotopic (exact) mass is 1030 g/mol. The van der Waals surface area contributed by atoms with Crippen LogP contribution in [0.4, 0.5) is 17.6 Å². The van der Waals surface area contributed by atoms with Gasteiger partial charge in [0.1, 0.15) is 40.5 Å². The highest BCUT2D eigenvalue weighted by Gasteiger charge is 2.24. The second kappa shape index (κ2) is 24.4. The van der Waals surface area contributed by atoms with Crippen molar-refractivity contribution in [3.63, 3.8) is 0 Å². The van der Waals surface area contributed by atoms with E-state index in [-0.39, 0.29) is 85.2 Å². The number of carbonyl (C=O) groups excluding carboxylic acids is 6. The van der Waals surface area contributed by atoms with Gasteiger partial charge < -0.3 is 44.9 Å². The van der Waals surface area contributed by atoms with E-state index in [1.165, 1.54) is 38.5 Å². The molecule has 5 aromatic heterocycles. The third-order valence-electron chi connectivity index (χ3n) is 11.6. The van der Waals surface area contributed by atoms with Gasteiger partial charge in [0.05, 0.1) is 68.1 Å². The number of nitrogens with zero attached hydrogens (tertiary/aromatic N) is 10. The Kier molecular flexibility index (Phi) is 17.4. The number of amides is 4. The van der Waals surface area contributed by atoms with Gasteiger partial charge in [0.25, 0.3) is 11.8 Å². The summed E-state index contributed by atoms with van der Waals surface area (Å²) in [6.45, 7) is 9.16. The van der Waals surface area contributed by atoms with Crippen LogP contribution in [-0.4, -0.2) is 118 Å². The smallest absolute Gasteiger partial charge is 0.307 e. The summed E-state index contributed by atoms with van der Waals surface area (Å²) >= 11 is 0. The molecule has 0 saturated carbocycles. The molecular weight excluding hydrogens is 971 g/mol. The quantitative estimate of drug-likeness (QED) is 0.0283. The van der Waals surface area contributed by atoms with Gasteiger partial charge in [0.2, 0.25) is 23.7 Å². The van der Waals surface area contributed by atoms with Crippen molar-refractivity contribution in [3.8, 4) is 11.5 Å². The number of allylic oxidation sites excluding steroid dienone is 3. The summed E-state index contributed by atoms with van der Waals surface area (Å²) in [5, 5.41) is 22.2. The number of primary amides is 2. The van der Waals surface area contributed by atoms with E-state index in [9.17, 15) is 28.8 Å². The lowest BCUT2D eigenvalue weighted by Gasteiger charge is -2.13. The molecule has 7 rings (SSSR count). The van der Waals surface area contributed by atoms with E-state index < -0.39 is 29.6 Å². The molecule has 7 aromatic rings. The molecule has 25 nitrogen and oxygen atoms in total. The third-order valence-corrected chi connectivity index (χ3v) is 11.6. The van der Waals surface area contributed by atoms with Gasteiger partial charge in [-0.1, -0.05) is 18.2 Å². The molecule has 0 saturated heterocycles. The molecule has 2 aromatic carbocycles. The van der Waals surface area contributed by atoms with Gasteiger partial charge >= 0.3 is 11.9 Å². The highest BCUT2D eigenvalue weighted by molar-refractivity contribution is 6.05. The number of imidazole rings is 2. The van der Waals surface area contributed by atoms with Crippen molar-refractivity contribution >= 4 is 75.2 Å². The molecule has 394 valence electrons. The molecule has 0 aliphatic rings. The molecule has 0 unspecified atom stereocenters. The molecule has 0 spiro atoms. The normalized spacial score (nSPS) is 11.4. The number of ether oxygens (including phenoxy) is 4. The summed E-state index contributed by atoms with van der Waals surface area (Å²) in [4.78, 5) is 86.1. The second-order valence-corrected chi connectivity index (χ2v) is 16.9. The number of rotatable bonds is 26. The number of aryl methyl sites for hydroxylation is 4. The number of methoxy groups -OCH3 is 2. The Balaban J connectivity index is 1.23. The van der Waals surface area contributed by atoms with Crippen LogP contribution in [0.3, 0.4) is 0 Å².